The zero-order chi connectivity index (χ0) is 23.7. The van der Waals surface area contributed by atoms with Gasteiger partial charge in [-0.25, -0.2) is 0 Å². The van der Waals surface area contributed by atoms with Gasteiger partial charge in [0.05, 0.1) is 16.8 Å². The molecule has 1 aliphatic heterocycles. The standard InChI is InChI=1S/C27H20N2O5/c30-22(15-8-16-29-26(32)18-11-4-5-12-19(18)27(29)33)28-23-20-13-6-7-14-21(20)34-25(23)24(31)17-9-2-1-3-10-17/h1-7,9-14H,8,15-16H2,(H,28,30). The Morgan fingerprint density at radius 2 is 1.41 bits per heavy atom. The minimum atomic E-state index is -0.349. The molecule has 0 atom stereocenters. The third-order valence-corrected chi connectivity index (χ3v) is 5.77. The first-order valence-electron chi connectivity index (χ1n) is 10.9. The molecule has 0 bridgehead atoms. The number of rotatable bonds is 7. The van der Waals surface area contributed by atoms with E-state index in [1.165, 1.54) is 0 Å². The molecular weight excluding hydrogens is 432 g/mol. The number of imide groups is 1. The van der Waals surface area contributed by atoms with Gasteiger partial charge in [0, 0.05) is 23.9 Å². The summed E-state index contributed by atoms with van der Waals surface area (Å²) in [4.78, 5) is 52.0. The van der Waals surface area contributed by atoms with E-state index in [1.54, 1.807) is 72.8 Å². The van der Waals surface area contributed by atoms with E-state index in [0.717, 1.165) is 4.90 Å². The number of ketones is 1. The SMILES string of the molecule is O=C(CCCN1C(=O)c2ccccc2C1=O)Nc1c(C(=O)c2ccccc2)oc2ccccc12. The van der Waals surface area contributed by atoms with Crippen molar-refractivity contribution >= 4 is 40.2 Å². The number of anilines is 1. The summed E-state index contributed by atoms with van der Waals surface area (Å²) in [7, 11) is 0. The third kappa shape index (κ3) is 3.77. The van der Waals surface area contributed by atoms with Crippen molar-refractivity contribution in [2.75, 3.05) is 11.9 Å². The van der Waals surface area contributed by atoms with Crippen LogP contribution in [0.5, 0.6) is 0 Å². The number of fused-ring (bicyclic) bond motifs is 2. The molecule has 0 saturated heterocycles. The molecule has 3 aromatic carbocycles. The predicted molar refractivity (Wildman–Crippen MR) is 126 cm³/mol. The fourth-order valence-electron chi connectivity index (χ4n) is 4.09. The second-order valence-electron chi connectivity index (χ2n) is 7.96. The number of hydrogen-bond donors (Lipinski definition) is 1. The van der Waals surface area contributed by atoms with E-state index in [2.05, 4.69) is 5.32 Å². The highest BCUT2D eigenvalue weighted by molar-refractivity contribution is 6.21. The van der Waals surface area contributed by atoms with Gasteiger partial charge in [-0.05, 0) is 30.7 Å². The van der Waals surface area contributed by atoms with Gasteiger partial charge in [0.2, 0.25) is 11.7 Å². The molecule has 7 heteroatoms. The molecule has 7 nitrogen and oxygen atoms in total. The molecule has 0 radical (unpaired) electrons. The zero-order valence-electron chi connectivity index (χ0n) is 18.1. The van der Waals surface area contributed by atoms with E-state index < -0.39 is 0 Å². The van der Waals surface area contributed by atoms with Crippen molar-refractivity contribution < 1.29 is 23.6 Å². The van der Waals surface area contributed by atoms with Crippen molar-refractivity contribution in [3.8, 4) is 0 Å². The van der Waals surface area contributed by atoms with Gasteiger partial charge in [0.25, 0.3) is 11.8 Å². The maximum atomic E-state index is 13.1. The second kappa shape index (κ2) is 8.78. The number of amides is 3. The van der Waals surface area contributed by atoms with Gasteiger partial charge >= 0.3 is 0 Å². The lowest BCUT2D eigenvalue weighted by Gasteiger charge is -2.13. The molecule has 1 aromatic heterocycles. The first kappa shape index (κ1) is 21.3. The Morgan fingerprint density at radius 3 is 2.12 bits per heavy atom. The van der Waals surface area contributed by atoms with E-state index in [0.29, 0.717) is 33.3 Å². The second-order valence-corrected chi connectivity index (χ2v) is 7.96. The van der Waals surface area contributed by atoms with Crippen LogP contribution in [-0.2, 0) is 4.79 Å². The number of carbonyl (C=O) groups excluding carboxylic acids is 4. The van der Waals surface area contributed by atoms with Gasteiger partial charge in [-0.3, -0.25) is 24.1 Å². The Labute approximate surface area is 195 Å². The Bertz CT molecular complexity index is 1400. The smallest absolute Gasteiger partial charge is 0.261 e. The fourth-order valence-corrected chi connectivity index (χ4v) is 4.09. The summed E-state index contributed by atoms with van der Waals surface area (Å²) in [6.45, 7) is 0.127. The number of furan rings is 1. The number of benzene rings is 3. The van der Waals surface area contributed by atoms with Gasteiger partial charge in [-0.15, -0.1) is 0 Å². The highest BCUT2D eigenvalue weighted by atomic mass is 16.3. The molecule has 34 heavy (non-hydrogen) atoms. The molecule has 2 heterocycles. The van der Waals surface area contributed by atoms with Crippen LogP contribution in [0.15, 0.2) is 83.3 Å². The van der Waals surface area contributed by atoms with E-state index >= 15 is 0 Å². The molecule has 4 aromatic rings. The van der Waals surface area contributed by atoms with Crippen molar-refractivity contribution in [3.63, 3.8) is 0 Å². The molecule has 1 aliphatic rings. The maximum absolute atomic E-state index is 13.1. The number of carbonyl (C=O) groups is 4. The van der Waals surface area contributed by atoms with Crippen LogP contribution >= 0.6 is 0 Å². The monoisotopic (exact) mass is 452 g/mol. The van der Waals surface area contributed by atoms with Crippen molar-refractivity contribution in [3.05, 3.63) is 101 Å². The average Bonchev–Trinajstić information content (AvgIpc) is 3.35. The summed E-state index contributed by atoms with van der Waals surface area (Å²) in [5, 5.41) is 3.43. The van der Waals surface area contributed by atoms with E-state index in [-0.39, 0.29) is 48.7 Å². The molecule has 1 N–H and O–H groups in total. The Balaban J connectivity index is 1.30. The molecule has 0 spiro atoms. The summed E-state index contributed by atoms with van der Waals surface area (Å²) in [5.74, 6) is -1.32. The van der Waals surface area contributed by atoms with Crippen LogP contribution in [0, 0.1) is 0 Å². The van der Waals surface area contributed by atoms with Gasteiger partial charge in [-0.2, -0.15) is 0 Å². The summed E-state index contributed by atoms with van der Waals surface area (Å²) in [6.07, 6.45) is 0.348. The quantitative estimate of drug-likeness (QED) is 0.324. The molecule has 3 amide bonds. The first-order valence-corrected chi connectivity index (χ1v) is 10.9. The van der Waals surface area contributed by atoms with Crippen LogP contribution in [0.25, 0.3) is 11.0 Å². The lowest BCUT2D eigenvalue weighted by molar-refractivity contribution is -0.116. The Hall–Kier alpha value is -4.52. The van der Waals surface area contributed by atoms with Crippen molar-refractivity contribution in [1.82, 2.24) is 4.90 Å². The van der Waals surface area contributed by atoms with Crippen LogP contribution in [0.2, 0.25) is 0 Å². The summed E-state index contributed by atoms with van der Waals surface area (Å²) >= 11 is 0. The highest BCUT2D eigenvalue weighted by Gasteiger charge is 2.34. The van der Waals surface area contributed by atoms with Crippen molar-refractivity contribution in [2.45, 2.75) is 12.8 Å². The van der Waals surface area contributed by atoms with Crippen molar-refractivity contribution in [1.29, 1.82) is 0 Å². The predicted octanol–water partition coefficient (Wildman–Crippen LogP) is 4.68. The summed E-state index contributed by atoms with van der Waals surface area (Å²) in [5.41, 5.74) is 2.01. The number of nitrogens with one attached hydrogen (secondary N) is 1. The molecule has 5 rings (SSSR count). The third-order valence-electron chi connectivity index (χ3n) is 5.77. The fraction of sp³-hybridized carbons (Fsp3) is 0.111. The molecule has 0 unspecified atom stereocenters. The molecule has 0 saturated carbocycles. The van der Waals surface area contributed by atoms with E-state index in [1.807, 2.05) is 6.07 Å². The van der Waals surface area contributed by atoms with Gasteiger partial charge < -0.3 is 9.73 Å². The zero-order valence-corrected chi connectivity index (χ0v) is 18.1. The minimum absolute atomic E-state index is 0.0566. The number of nitrogens with zero attached hydrogens (tertiary/aromatic N) is 1. The van der Waals surface area contributed by atoms with E-state index in [4.69, 9.17) is 4.42 Å². The lowest BCUT2D eigenvalue weighted by atomic mass is 10.1. The van der Waals surface area contributed by atoms with Crippen LogP contribution < -0.4 is 5.32 Å². The maximum Gasteiger partial charge on any atom is 0.261 e. The molecular formula is C27H20N2O5. The lowest BCUT2D eigenvalue weighted by Crippen LogP contribution is -2.31. The topological polar surface area (TPSA) is 96.7 Å². The minimum Gasteiger partial charge on any atom is -0.450 e. The normalized spacial score (nSPS) is 12.8. The first-order chi connectivity index (χ1) is 16.5. The highest BCUT2D eigenvalue weighted by Crippen LogP contribution is 2.32. The van der Waals surface area contributed by atoms with Gasteiger partial charge in [0.15, 0.2) is 5.76 Å². The van der Waals surface area contributed by atoms with Crippen LogP contribution in [0.3, 0.4) is 0 Å². The number of para-hydroxylation sites is 1. The molecule has 0 fully saturated rings. The van der Waals surface area contributed by atoms with Crippen LogP contribution in [-0.4, -0.2) is 34.9 Å². The summed E-state index contributed by atoms with van der Waals surface area (Å²) in [6, 6.07) is 22.5. The Kier molecular flexibility index (Phi) is 5.51. The number of hydrogen-bond acceptors (Lipinski definition) is 5. The summed E-state index contributed by atoms with van der Waals surface area (Å²) < 4.78 is 5.80. The average molecular weight is 452 g/mol. The van der Waals surface area contributed by atoms with Gasteiger partial charge in [0.1, 0.15) is 5.58 Å². The van der Waals surface area contributed by atoms with Crippen LogP contribution in [0.4, 0.5) is 5.69 Å². The molecule has 168 valence electrons. The molecule has 0 aliphatic carbocycles. The van der Waals surface area contributed by atoms with Gasteiger partial charge in [-0.1, -0.05) is 54.6 Å². The van der Waals surface area contributed by atoms with Crippen molar-refractivity contribution in [2.24, 2.45) is 0 Å². The Morgan fingerprint density at radius 1 is 0.794 bits per heavy atom. The largest absolute Gasteiger partial charge is 0.450 e. The van der Waals surface area contributed by atoms with E-state index in [9.17, 15) is 19.2 Å². The van der Waals surface area contributed by atoms with Crippen LogP contribution in [0.1, 0.15) is 49.7 Å².